The zero-order valence-electron chi connectivity index (χ0n) is 8.90. The van der Waals surface area contributed by atoms with Gasteiger partial charge in [-0.05, 0) is 19.1 Å². The van der Waals surface area contributed by atoms with E-state index in [-0.39, 0.29) is 12.9 Å². The van der Waals surface area contributed by atoms with Crippen molar-refractivity contribution in [3.05, 3.63) is 29.3 Å². The highest BCUT2D eigenvalue weighted by Crippen LogP contribution is 2.24. The third-order valence-corrected chi connectivity index (χ3v) is 2.03. The molecule has 1 atom stereocenters. The van der Waals surface area contributed by atoms with Gasteiger partial charge in [0.25, 0.3) is 0 Å². The predicted molar refractivity (Wildman–Crippen MR) is 59.4 cm³/mol. The summed E-state index contributed by atoms with van der Waals surface area (Å²) in [5, 5.41) is 0.607. The van der Waals surface area contributed by atoms with Crippen molar-refractivity contribution in [1.82, 2.24) is 0 Å². The molecule has 0 aliphatic rings. The Bertz CT molecular complexity index is 291. The van der Waals surface area contributed by atoms with Crippen LogP contribution in [0.1, 0.15) is 6.92 Å². The van der Waals surface area contributed by atoms with Gasteiger partial charge in [-0.15, -0.1) is 0 Å². The monoisotopic (exact) mass is 230 g/mol. The Labute approximate surface area is 94.9 Å². The number of para-hydroxylation sites is 1. The van der Waals surface area contributed by atoms with E-state index in [9.17, 15) is 0 Å². The molecule has 1 aromatic carbocycles. The normalized spacial score (nSPS) is 12.5. The van der Waals surface area contributed by atoms with E-state index in [1.54, 1.807) is 13.2 Å². The molecule has 3 nitrogen and oxygen atoms in total. The van der Waals surface area contributed by atoms with Crippen LogP contribution in [0.4, 0.5) is 0 Å². The number of ether oxygens (including phenoxy) is 3. The lowest BCUT2D eigenvalue weighted by molar-refractivity contribution is -0.0533. The smallest absolute Gasteiger partial charge is 0.146 e. The van der Waals surface area contributed by atoms with Crippen LogP contribution in [0, 0.1) is 0 Å². The minimum absolute atomic E-state index is 0.0555. The Morgan fingerprint density at radius 2 is 2.07 bits per heavy atom. The summed E-state index contributed by atoms with van der Waals surface area (Å²) in [6.45, 7) is 2.66. The van der Waals surface area contributed by atoms with Crippen molar-refractivity contribution < 1.29 is 14.2 Å². The molecule has 0 aliphatic heterocycles. The van der Waals surface area contributed by atoms with E-state index >= 15 is 0 Å². The molecule has 0 saturated carbocycles. The molecule has 15 heavy (non-hydrogen) atoms. The van der Waals surface area contributed by atoms with Crippen LogP contribution in [0.25, 0.3) is 0 Å². The first-order chi connectivity index (χ1) is 7.24. The second-order valence-electron chi connectivity index (χ2n) is 3.14. The highest BCUT2D eigenvalue weighted by atomic mass is 35.5. The van der Waals surface area contributed by atoms with Crippen molar-refractivity contribution in [3.8, 4) is 5.75 Å². The van der Waals surface area contributed by atoms with Crippen LogP contribution in [0.3, 0.4) is 0 Å². The molecule has 1 aromatic rings. The molecular weight excluding hydrogens is 216 g/mol. The first-order valence-corrected chi connectivity index (χ1v) is 5.09. The van der Waals surface area contributed by atoms with Crippen LogP contribution in [0.5, 0.6) is 5.75 Å². The molecular formula is C11H15ClO3. The van der Waals surface area contributed by atoms with E-state index in [0.29, 0.717) is 17.4 Å². The minimum Gasteiger partial charge on any atom is -0.487 e. The SMILES string of the molecule is COCOC[C@@H](C)Oc1ccccc1Cl. The van der Waals surface area contributed by atoms with Gasteiger partial charge in [-0.25, -0.2) is 0 Å². The molecule has 0 N–H and O–H groups in total. The lowest BCUT2D eigenvalue weighted by atomic mass is 10.3. The number of benzene rings is 1. The molecule has 0 heterocycles. The largest absolute Gasteiger partial charge is 0.487 e. The summed E-state index contributed by atoms with van der Waals surface area (Å²) in [5.74, 6) is 0.674. The van der Waals surface area contributed by atoms with Crippen molar-refractivity contribution in [1.29, 1.82) is 0 Å². The number of rotatable bonds is 6. The minimum atomic E-state index is -0.0555. The predicted octanol–water partition coefficient (Wildman–Crippen LogP) is 2.73. The fourth-order valence-corrected chi connectivity index (χ4v) is 1.27. The van der Waals surface area contributed by atoms with Crippen molar-refractivity contribution in [2.45, 2.75) is 13.0 Å². The molecule has 0 fully saturated rings. The summed E-state index contributed by atoms with van der Waals surface area (Å²) in [5.41, 5.74) is 0. The van der Waals surface area contributed by atoms with E-state index in [2.05, 4.69) is 0 Å². The Morgan fingerprint density at radius 1 is 1.33 bits per heavy atom. The summed E-state index contributed by atoms with van der Waals surface area (Å²) in [7, 11) is 1.58. The third-order valence-electron chi connectivity index (χ3n) is 1.72. The molecule has 0 aromatic heterocycles. The number of halogens is 1. The quantitative estimate of drug-likeness (QED) is 0.556. The van der Waals surface area contributed by atoms with Crippen LogP contribution in [-0.4, -0.2) is 26.6 Å². The maximum atomic E-state index is 5.94. The summed E-state index contributed by atoms with van der Waals surface area (Å²) >= 11 is 5.94. The number of hydrogen-bond donors (Lipinski definition) is 0. The maximum Gasteiger partial charge on any atom is 0.146 e. The van der Waals surface area contributed by atoms with Crippen molar-refractivity contribution in [2.75, 3.05) is 20.5 Å². The zero-order chi connectivity index (χ0) is 11.1. The molecule has 0 bridgehead atoms. The van der Waals surface area contributed by atoms with Crippen molar-refractivity contribution in [2.24, 2.45) is 0 Å². The van der Waals surface area contributed by atoms with Gasteiger partial charge in [0.05, 0.1) is 11.6 Å². The highest BCUT2D eigenvalue weighted by Gasteiger charge is 2.06. The molecule has 0 radical (unpaired) electrons. The van der Waals surface area contributed by atoms with Gasteiger partial charge in [-0.1, -0.05) is 23.7 Å². The molecule has 0 aliphatic carbocycles. The Hall–Kier alpha value is -0.770. The van der Waals surface area contributed by atoms with Crippen LogP contribution >= 0.6 is 11.6 Å². The average molecular weight is 231 g/mol. The molecule has 1 rings (SSSR count). The number of methoxy groups -OCH3 is 1. The standard InChI is InChI=1S/C11H15ClO3/c1-9(7-14-8-13-2)15-11-6-4-3-5-10(11)12/h3-6,9H,7-8H2,1-2H3/t9-/m1/s1. The van der Waals surface area contributed by atoms with Gasteiger partial charge in [0.15, 0.2) is 0 Å². The molecule has 84 valence electrons. The van der Waals surface area contributed by atoms with E-state index < -0.39 is 0 Å². The highest BCUT2D eigenvalue weighted by molar-refractivity contribution is 6.32. The lowest BCUT2D eigenvalue weighted by Gasteiger charge is -2.15. The fourth-order valence-electron chi connectivity index (χ4n) is 1.09. The van der Waals surface area contributed by atoms with Gasteiger partial charge < -0.3 is 14.2 Å². The molecule has 0 spiro atoms. The third kappa shape index (κ3) is 4.51. The Balaban J connectivity index is 2.37. The van der Waals surface area contributed by atoms with E-state index in [4.69, 9.17) is 25.8 Å². The van der Waals surface area contributed by atoms with Crippen LogP contribution in [0.15, 0.2) is 24.3 Å². The second kappa shape index (κ2) is 6.67. The van der Waals surface area contributed by atoms with Gasteiger partial charge in [-0.2, -0.15) is 0 Å². The van der Waals surface area contributed by atoms with Crippen molar-refractivity contribution >= 4 is 11.6 Å². The van der Waals surface area contributed by atoms with Gasteiger partial charge in [0.2, 0.25) is 0 Å². The van der Waals surface area contributed by atoms with Crippen LogP contribution < -0.4 is 4.74 Å². The Morgan fingerprint density at radius 3 is 2.73 bits per heavy atom. The first kappa shape index (κ1) is 12.3. The molecule has 0 saturated heterocycles. The molecule has 0 amide bonds. The summed E-state index contributed by atoms with van der Waals surface area (Å²) in [6, 6.07) is 7.36. The van der Waals surface area contributed by atoms with Crippen molar-refractivity contribution in [3.63, 3.8) is 0 Å². The number of hydrogen-bond acceptors (Lipinski definition) is 3. The summed E-state index contributed by atoms with van der Waals surface area (Å²) in [4.78, 5) is 0. The van der Waals surface area contributed by atoms with Gasteiger partial charge in [0, 0.05) is 7.11 Å². The Kier molecular flexibility index (Phi) is 5.47. The van der Waals surface area contributed by atoms with E-state index in [1.807, 2.05) is 25.1 Å². The first-order valence-electron chi connectivity index (χ1n) is 4.72. The van der Waals surface area contributed by atoms with E-state index in [0.717, 1.165) is 0 Å². The fraction of sp³-hybridized carbons (Fsp3) is 0.455. The second-order valence-corrected chi connectivity index (χ2v) is 3.54. The topological polar surface area (TPSA) is 27.7 Å². The maximum absolute atomic E-state index is 5.94. The van der Waals surface area contributed by atoms with Gasteiger partial charge in [0.1, 0.15) is 18.6 Å². The lowest BCUT2D eigenvalue weighted by Crippen LogP contribution is -2.19. The summed E-state index contributed by atoms with van der Waals surface area (Å²) < 4.78 is 15.5. The van der Waals surface area contributed by atoms with Gasteiger partial charge in [-0.3, -0.25) is 0 Å². The average Bonchev–Trinajstić information content (AvgIpc) is 2.22. The van der Waals surface area contributed by atoms with Crippen LogP contribution in [0.2, 0.25) is 5.02 Å². The van der Waals surface area contributed by atoms with Gasteiger partial charge >= 0.3 is 0 Å². The van der Waals surface area contributed by atoms with E-state index in [1.165, 1.54) is 0 Å². The summed E-state index contributed by atoms with van der Waals surface area (Å²) in [6.07, 6.45) is -0.0555. The molecule has 4 heteroatoms. The molecule has 0 unspecified atom stereocenters. The van der Waals surface area contributed by atoms with Crippen LogP contribution in [-0.2, 0) is 9.47 Å². The zero-order valence-corrected chi connectivity index (χ0v) is 9.66.